The second kappa shape index (κ2) is 7.40. The zero-order valence-electron chi connectivity index (χ0n) is 19.5. The van der Waals surface area contributed by atoms with Crippen molar-refractivity contribution in [3.05, 3.63) is 42.1 Å². The van der Waals surface area contributed by atoms with E-state index < -0.39 is 11.6 Å². The standard InChI is InChI=1S/C23H24F3N9/c1-13-10-27-21(29-17-5-8-28-33(17)3)30-18(13)15-9-16-19-31-32-20(22(6-4-7-22)23(24,25)26)35(19)14(2)11-34(16)12-15/h5,8-10,12,14H,4,6-7,11H2,1-3H3,(H,27,29,30)/t14-/m0/s1. The fourth-order valence-electron chi connectivity index (χ4n) is 5.12. The Hall–Kier alpha value is -3.70. The summed E-state index contributed by atoms with van der Waals surface area (Å²) in [5.74, 6) is 1.67. The number of anilines is 2. The maximum absolute atomic E-state index is 14.1. The molecular weight excluding hydrogens is 459 g/mol. The van der Waals surface area contributed by atoms with Gasteiger partial charge < -0.3 is 14.5 Å². The number of hydrogen-bond donors (Lipinski definition) is 1. The Labute approximate surface area is 199 Å². The number of rotatable bonds is 4. The van der Waals surface area contributed by atoms with Crippen molar-refractivity contribution in [1.82, 2.24) is 39.1 Å². The zero-order chi connectivity index (χ0) is 24.5. The Morgan fingerprint density at radius 2 is 2.00 bits per heavy atom. The van der Waals surface area contributed by atoms with Crippen LogP contribution < -0.4 is 5.32 Å². The molecule has 2 aliphatic rings. The maximum atomic E-state index is 14.1. The van der Waals surface area contributed by atoms with Crippen LogP contribution in [0.15, 0.2) is 30.7 Å². The van der Waals surface area contributed by atoms with Crippen LogP contribution in [0.5, 0.6) is 0 Å². The highest BCUT2D eigenvalue weighted by Crippen LogP contribution is 2.55. The lowest BCUT2D eigenvalue weighted by molar-refractivity contribution is -0.216. The summed E-state index contributed by atoms with van der Waals surface area (Å²) in [7, 11) is 1.82. The van der Waals surface area contributed by atoms with Gasteiger partial charge in [0.15, 0.2) is 5.82 Å². The molecule has 6 rings (SSSR count). The highest BCUT2D eigenvalue weighted by molar-refractivity contribution is 5.71. The number of aromatic nitrogens is 8. The molecule has 1 fully saturated rings. The summed E-state index contributed by atoms with van der Waals surface area (Å²) in [6.45, 7) is 4.35. The number of alkyl halides is 3. The van der Waals surface area contributed by atoms with Crippen molar-refractivity contribution in [2.24, 2.45) is 7.05 Å². The molecule has 0 amide bonds. The van der Waals surface area contributed by atoms with E-state index in [1.54, 1.807) is 21.6 Å². The minimum absolute atomic E-state index is 0.0358. The molecule has 0 bridgehead atoms. The van der Waals surface area contributed by atoms with Crippen molar-refractivity contribution in [2.45, 2.75) is 57.3 Å². The van der Waals surface area contributed by atoms with E-state index in [1.807, 2.05) is 43.8 Å². The summed E-state index contributed by atoms with van der Waals surface area (Å²) in [5.41, 5.74) is 1.28. The number of fused-ring (bicyclic) bond motifs is 3. The van der Waals surface area contributed by atoms with Gasteiger partial charge in [0.2, 0.25) is 5.95 Å². The number of nitrogens with zero attached hydrogens (tertiary/aromatic N) is 8. The molecule has 1 saturated carbocycles. The summed E-state index contributed by atoms with van der Waals surface area (Å²) in [6, 6.07) is 3.53. The molecule has 182 valence electrons. The van der Waals surface area contributed by atoms with Crippen molar-refractivity contribution in [3.63, 3.8) is 0 Å². The van der Waals surface area contributed by atoms with Crippen molar-refractivity contribution in [2.75, 3.05) is 5.32 Å². The molecule has 1 N–H and O–H groups in total. The first-order valence-corrected chi connectivity index (χ1v) is 11.5. The predicted octanol–water partition coefficient (Wildman–Crippen LogP) is 4.55. The topological polar surface area (TPSA) is 91.3 Å². The molecule has 35 heavy (non-hydrogen) atoms. The van der Waals surface area contributed by atoms with E-state index in [1.165, 1.54) is 0 Å². The number of halogens is 3. The molecule has 12 heteroatoms. The molecule has 4 aromatic heterocycles. The third-order valence-electron chi connectivity index (χ3n) is 7.21. The van der Waals surface area contributed by atoms with Crippen LogP contribution >= 0.6 is 0 Å². The average molecular weight is 484 g/mol. The minimum atomic E-state index is -4.35. The molecule has 0 aromatic carbocycles. The van der Waals surface area contributed by atoms with E-state index in [-0.39, 0.29) is 24.7 Å². The normalized spacial score (nSPS) is 18.6. The lowest BCUT2D eigenvalue weighted by Crippen LogP contribution is -2.50. The quantitative estimate of drug-likeness (QED) is 0.458. The van der Waals surface area contributed by atoms with E-state index in [0.29, 0.717) is 24.7 Å². The molecule has 9 nitrogen and oxygen atoms in total. The van der Waals surface area contributed by atoms with Crippen molar-refractivity contribution in [1.29, 1.82) is 0 Å². The lowest BCUT2D eigenvalue weighted by Gasteiger charge is -2.43. The Morgan fingerprint density at radius 1 is 1.20 bits per heavy atom. The van der Waals surface area contributed by atoms with Crippen LogP contribution in [0, 0.1) is 6.92 Å². The van der Waals surface area contributed by atoms with Gasteiger partial charge in [-0.25, -0.2) is 9.97 Å². The first-order valence-electron chi connectivity index (χ1n) is 11.5. The molecule has 0 radical (unpaired) electrons. The van der Waals surface area contributed by atoms with Gasteiger partial charge in [-0.05, 0) is 38.3 Å². The summed E-state index contributed by atoms with van der Waals surface area (Å²) >= 11 is 0. The van der Waals surface area contributed by atoms with Crippen LogP contribution in [0.2, 0.25) is 0 Å². The second-order valence-electron chi connectivity index (χ2n) is 9.46. The molecule has 1 aliphatic carbocycles. The zero-order valence-corrected chi connectivity index (χ0v) is 19.5. The fourth-order valence-corrected chi connectivity index (χ4v) is 5.12. The van der Waals surface area contributed by atoms with Crippen LogP contribution in [0.4, 0.5) is 24.9 Å². The first-order chi connectivity index (χ1) is 16.7. The Kier molecular flexibility index (Phi) is 4.61. The van der Waals surface area contributed by atoms with Gasteiger partial charge in [-0.3, -0.25) is 4.68 Å². The van der Waals surface area contributed by atoms with Crippen molar-refractivity contribution in [3.8, 4) is 22.8 Å². The summed E-state index contributed by atoms with van der Waals surface area (Å²) in [4.78, 5) is 9.08. The highest BCUT2D eigenvalue weighted by atomic mass is 19.4. The molecule has 5 heterocycles. The summed E-state index contributed by atoms with van der Waals surface area (Å²) in [6.07, 6.45) is 1.69. The van der Waals surface area contributed by atoms with Crippen molar-refractivity contribution >= 4 is 11.8 Å². The smallest absolute Gasteiger partial charge is 0.342 e. The largest absolute Gasteiger partial charge is 0.401 e. The Bertz CT molecular complexity index is 1420. The molecule has 1 atom stereocenters. The van der Waals surface area contributed by atoms with Gasteiger partial charge in [0, 0.05) is 37.6 Å². The molecular formula is C23H24F3N9. The van der Waals surface area contributed by atoms with Crippen LogP contribution in [0.1, 0.15) is 43.6 Å². The Morgan fingerprint density at radius 3 is 2.66 bits per heavy atom. The van der Waals surface area contributed by atoms with Gasteiger partial charge in [0.25, 0.3) is 0 Å². The van der Waals surface area contributed by atoms with Gasteiger partial charge >= 0.3 is 6.18 Å². The molecule has 4 aromatic rings. The van der Waals surface area contributed by atoms with E-state index >= 15 is 0 Å². The SMILES string of the molecule is Cc1cnc(Nc2ccnn2C)nc1-c1cc2n(c1)C[C@H](C)n1c-2nnc1C1(C(F)(F)F)CCC1. The van der Waals surface area contributed by atoms with E-state index in [4.69, 9.17) is 4.98 Å². The fraction of sp³-hybridized carbons (Fsp3) is 0.435. The van der Waals surface area contributed by atoms with Gasteiger partial charge in [0.1, 0.15) is 17.1 Å². The minimum Gasteiger partial charge on any atom is -0.342 e. The number of nitrogens with one attached hydrogen (secondary N) is 1. The van der Waals surface area contributed by atoms with Gasteiger partial charge in [-0.2, -0.15) is 18.3 Å². The van der Waals surface area contributed by atoms with Crippen LogP contribution in [0.3, 0.4) is 0 Å². The predicted molar refractivity (Wildman–Crippen MR) is 122 cm³/mol. The summed E-state index contributed by atoms with van der Waals surface area (Å²) < 4.78 is 47.6. The molecule has 1 aliphatic heterocycles. The van der Waals surface area contributed by atoms with Crippen LogP contribution in [0.25, 0.3) is 22.8 Å². The molecule has 0 saturated heterocycles. The first kappa shape index (κ1) is 21.8. The average Bonchev–Trinajstić information content (AvgIpc) is 3.47. The monoisotopic (exact) mass is 483 g/mol. The third-order valence-corrected chi connectivity index (χ3v) is 7.21. The van der Waals surface area contributed by atoms with Crippen molar-refractivity contribution < 1.29 is 13.2 Å². The van der Waals surface area contributed by atoms with Crippen LogP contribution in [-0.2, 0) is 19.0 Å². The lowest BCUT2D eigenvalue weighted by atomic mass is 9.67. The van der Waals surface area contributed by atoms with Gasteiger partial charge in [-0.1, -0.05) is 6.42 Å². The highest BCUT2D eigenvalue weighted by Gasteiger charge is 2.62. The van der Waals surface area contributed by atoms with Gasteiger partial charge in [-0.15, -0.1) is 10.2 Å². The van der Waals surface area contributed by atoms with E-state index in [0.717, 1.165) is 28.3 Å². The maximum Gasteiger partial charge on any atom is 0.401 e. The third kappa shape index (κ3) is 3.18. The van der Waals surface area contributed by atoms with E-state index in [9.17, 15) is 13.2 Å². The van der Waals surface area contributed by atoms with Gasteiger partial charge in [0.05, 0.1) is 23.6 Å². The van der Waals surface area contributed by atoms with E-state index in [2.05, 4.69) is 25.6 Å². The Balaban J connectivity index is 1.40. The number of hydrogen-bond acceptors (Lipinski definition) is 6. The summed E-state index contributed by atoms with van der Waals surface area (Å²) in [5, 5.41) is 15.7. The second-order valence-corrected chi connectivity index (χ2v) is 9.46. The number of aryl methyl sites for hydroxylation is 2. The van der Waals surface area contributed by atoms with Crippen LogP contribution in [-0.4, -0.2) is 45.3 Å². The molecule has 0 unspecified atom stereocenters. The molecule has 0 spiro atoms.